The zero-order valence-corrected chi connectivity index (χ0v) is 21.2. The van der Waals surface area contributed by atoms with Crippen LogP contribution in [0.15, 0.2) is 78.9 Å². The number of amides is 3. The van der Waals surface area contributed by atoms with Gasteiger partial charge in [0.1, 0.15) is 0 Å². The van der Waals surface area contributed by atoms with E-state index >= 15 is 0 Å². The summed E-state index contributed by atoms with van der Waals surface area (Å²) >= 11 is 0. The standard InChI is InChI=1S/C30H34N4O3/c1-22(23-10-5-4-6-11-23)32-29(36)24-14-16-26(17-15-24)31-21-28(35)33-27-13-9-12-25(20-27)30(37)34-18-7-2-3-8-19-34/h4-6,9-17,20,22,31H,2-3,7-8,18-19,21H2,1H3,(H,32,36)(H,33,35). The van der Waals surface area contributed by atoms with Gasteiger partial charge < -0.3 is 20.9 Å². The van der Waals surface area contributed by atoms with Gasteiger partial charge in [-0.05, 0) is 67.8 Å². The summed E-state index contributed by atoms with van der Waals surface area (Å²) in [5.41, 5.74) is 3.49. The quantitative estimate of drug-likeness (QED) is 0.396. The van der Waals surface area contributed by atoms with E-state index in [2.05, 4.69) is 16.0 Å². The molecule has 1 atom stereocenters. The second-order valence-corrected chi connectivity index (χ2v) is 9.37. The minimum atomic E-state index is -0.224. The van der Waals surface area contributed by atoms with Crippen molar-refractivity contribution in [1.82, 2.24) is 10.2 Å². The van der Waals surface area contributed by atoms with Crippen molar-refractivity contribution in [2.75, 3.05) is 30.3 Å². The average Bonchev–Trinajstić information content (AvgIpc) is 3.22. The lowest BCUT2D eigenvalue weighted by atomic mass is 10.1. The molecule has 0 aromatic heterocycles. The molecular formula is C30H34N4O3. The third kappa shape index (κ3) is 7.43. The van der Waals surface area contributed by atoms with Gasteiger partial charge in [-0.3, -0.25) is 14.4 Å². The van der Waals surface area contributed by atoms with E-state index in [1.54, 1.807) is 48.5 Å². The van der Waals surface area contributed by atoms with E-state index in [1.807, 2.05) is 42.2 Å². The monoisotopic (exact) mass is 498 g/mol. The van der Waals surface area contributed by atoms with Gasteiger partial charge in [0.05, 0.1) is 12.6 Å². The van der Waals surface area contributed by atoms with Crippen molar-refractivity contribution in [3.63, 3.8) is 0 Å². The number of rotatable bonds is 8. The number of hydrogen-bond acceptors (Lipinski definition) is 4. The molecule has 1 heterocycles. The fourth-order valence-corrected chi connectivity index (χ4v) is 4.42. The number of hydrogen-bond donors (Lipinski definition) is 3. The van der Waals surface area contributed by atoms with Crippen LogP contribution in [0.5, 0.6) is 0 Å². The molecule has 0 spiro atoms. The van der Waals surface area contributed by atoms with Gasteiger partial charge in [0, 0.05) is 35.6 Å². The molecule has 1 fully saturated rings. The van der Waals surface area contributed by atoms with Crippen LogP contribution >= 0.6 is 0 Å². The van der Waals surface area contributed by atoms with E-state index < -0.39 is 0 Å². The van der Waals surface area contributed by atoms with Crippen LogP contribution in [0, 0.1) is 0 Å². The molecule has 0 radical (unpaired) electrons. The van der Waals surface area contributed by atoms with Crippen molar-refractivity contribution in [1.29, 1.82) is 0 Å². The summed E-state index contributed by atoms with van der Waals surface area (Å²) in [6.07, 6.45) is 4.39. The van der Waals surface area contributed by atoms with Crippen LogP contribution < -0.4 is 16.0 Å². The van der Waals surface area contributed by atoms with Crippen LogP contribution in [0.2, 0.25) is 0 Å². The molecule has 0 saturated carbocycles. The molecule has 3 N–H and O–H groups in total. The lowest BCUT2D eigenvalue weighted by Crippen LogP contribution is -2.31. The zero-order chi connectivity index (χ0) is 26.0. The molecule has 1 saturated heterocycles. The van der Waals surface area contributed by atoms with Gasteiger partial charge in [-0.15, -0.1) is 0 Å². The normalized spacial score (nSPS) is 14.2. The van der Waals surface area contributed by atoms with Crippen LogP contribution in [0.25, 0.3) is 0 Å². The SMILES string of the molecule is CC(NC(=O)c1ccc(NCC(=O)Nc2cccc(C(=O)N3CCCCCC3)c2)cc1)c1ccccc1. The summed E-state index contributed by atoms with van der Waals surface area (Å²) in [5, 5.41) is 8.92. The number of likely N-dealkylation sites (tertiary alicyclic amines) is 1. The Bertz CT molecular complexity index is 1200. The summed E-state index contributed by atoms with van der Waals surface area (Å²) in [7, 11) is 0. The van der Waals surface area contributed by atoms with E-state index in [0.717, 1.165) is 50.0 Å². The summed E-state index contributed by atoms with van der Waals surface area (Å²) in [6.45, 7) is 3.57. The maximum Gasteiger partial charge on any atom is 0.253 e. The van der Waals surface area contributed by atoms with Crippen LogP contribution in [-0.2, 0) is 4.79 Å². The lowest BCUT2D eigenvalue weighted by Gasteiger charge is -2.20. The second-order valence-electron chi connectivity index (χ2n) is 9.37. The van der Waals surface area contributed by atoms with Gasteiger partial charge in [-0.1, -0.05) is 49.2 Å². The van der Waals surface area contributed by atoms with E-state index in [1.165, 1.54) is 0 Å². The predicted octanol–water partition coefficient (Wildman–Crippen LogP) is 5.24. The number of carbonyl (C=O) groups is 3. The lowest BCUT2D eigenvalue weighted by molar-refractivity contribution is -0.114. The molecule has 0 aliphatic carbocycles. The van der Waals surface area contributed by atoms with Crippen molar-refractivity contribution in [3.05, 3.63) is 95.6 Å². The van der Waals surface area contributed by atoms with Gasteiger partial charge in [-0.25, -0.2) is 0 Å². The molecule has 1 aliphatic rings. The Morgan fingerprint density at radius 3 is 2.19 bits per heavy atom. The van der Waals surface area contributed by atoms with Gasteiger partial charge in [-0.2, -0.15) is 0 Å². The number of benzene rings is 3. The van der Waals surface area contributed by atoms with Gasteiger partial charge in [0.2, 0.25) is 5.91 Å². The Labute approximate surface area is 218 Å². The van der Waals surface area contributed by atoms with Crippen molar-refractivity contribution < 1.29 is 14.4 Å². The Kier molecular flexibility index (Phi) is 8.92. The molecular weight excluding hydrogens is 464 g/mol. The van der Waals surface area contributed by atoms with Crippen LogP contribution in [0.1, 0.15) is 64.9 Å². The van der Waals surface area contributed by atoms with Crippen LogP contribution in [0.4, 0.5) is 11.4 Å². The number of carbonyl (C=O) groups excluding carboxylic acids is 3. The zero-order valence-electron chi connectivity index (χ0n) is 21.2. The first-order chi connectivity index (χ1) is 18.0. The first kappa shape index (κ1) is 25.9. The first-order valence-corrected chi connectivity index (χ1v) is 12.9. The fourth-order valence-electron chi connectivity index (χ4n) is 4.42. The minimum absolute atomic E-state index is 0.0124. The maximum atomic E-state index is 12.9. The molecule has 7 nitrogen and oxygen atoms in total. The molecule has 7 heteroatoms. The Morgan fingerprint density at radius 2 is 1.49 bits per heavy atom. The number of nitrogens with one attached hydrogen (secondary N) is 3. The van der Waals surface area contributed by atoms with Crippen molar-refractivity contribution in [3.8, 4) is 0 Å². The fraction of sp³-hybridized carbons (Fsp3) is 0.300. The van der Waals surface area contributed by atoms with Crippen molar-refractivity contribution in [2.24, 2.45) is 0 Å². The third-order valence-electron chi connectivity index (χ3n) is 6.53. The molecule has 37 heavy (non-hydrogen) atoms. The molecule has 0 bridgehead atoms. The molecule has 3 aromatic carbocycles. The summed E-state index contributed by atoms with van der Waals surface area (Å²) in [6, 6.07) is 23.8. The minimum Gasteiger partial charge on any atom is -0.376 e. The third-order valence-corrected chi connectivity index (χ3v) is 6.53. The van der Waals surface area contributed by atoms with E-state index in [0.29, 0.717) is 16.8 Å². The summed E-state index contributed by atoms with van der Waals surface area (Å²) in [4.78, 5) is 39.9. The predicted molar refractivity (Wildman–Crippen MR) is 147 cm³/mol. The van der Waals surface area contributed by atoms with Gasteiger partial charge >= 0.3 is 0 Å². The summed E-state index contributed by atoms with van der Waals surface area (Å²) < 4.78 is 0. The van der Waals surface area contributed by atoms with Crippen molar-refractivity contribution >= 4 is 29.1 Å². The smallest absolute Gasteiger partial charge is 0.253 e. The molecule has 3 aromatic rings. The molecule has 1 aliphatic heterocycles. The molecule has 4 rings (SSSR count). The number of nitrogens with zero attached hydrogens (tertiary/aromatic N) is 1. The van der Waals surface area contributed by atoms with Gasteiger partial charge in [0.15, 0.2) is 0 Å². The Morgan fingerprint density at radius 1 is 0.784 bits per heavy atom. The van der Waals surface area contributed by atoms with Crippen molar-refractivity contribution in [2.45, 2.75) is 38.6 Å². The first-order valence-electron chi connectivity index (χ1n) is 12.9. The molecule has 192 valence electrons. The van der Waals surface area contributed by atoms with E-state index in [9.17, 15) is 14.4 Å². The highest BCUT2D eigenvalue weighted by molar-refractivity contribution is 5.98. The van der Waals surface area contributed by atoms with Crippen LogP contribution in [-0.4, -0.2) is 42.3 Å². The largest absolute Gasteiger partial charge is 0.376 e. The second kappa shape index (κ2) is 12.7. The van der Waals surface area contributed by atoms with E-state index in [-0.39, 0.29) is 30.3 Å². The highest BCUT2D eigenvalue weighted by atomic mass is 16.2. The highest BCUT2D eigenvalue weighted by Crippen LogP contribution is 2.17. The van der Waals surface area contributed by atoms with E-state index in [4.69, 9.17) is 0 Å². The molecule has 3 amide bonds. The average molecular weight is 499 g/mol. The Hall–Kier alpha value is -4.13. The van der Waals surface area contributed by atoms with Crippen LogP contribution in [0.3, 0.4) is 0 Å². The van der Waals surface area contributed by atoms with Gasteiger partial charge in [0.25, 0.3) is 11.8 Å². The maximum absolute atomic E-state index is 12.9. The molecule has 1 unspecified atom stereocenters. The number of anilines is 2. The Balaban J connectivity index is 1.26. The highest BCUT2D eigenvalue weighted by Gasteiger charge is 2.18. The summed E-state index contributed by atoms with van der Waals surface area (Å²) in [5.74, 6) is -0.369. The topological polar surface area (TPSA) is 90.5 Å².